The second-order valence-electron chi connectivity index (χ2n) is 11.8. The molecule has 0 spiro atoms. The van der Waals surface area contributed by atoms with Crippen LogP contribution < -0.4 is 15.8 Å². The van der Waals surface area contributed by atoms with Crippen molar-refractivity contribution in [3.05, 3.63) is 59.4 Å². The summed E-state index contributed by atoms with van der Waals surface area (Å²) in [5, 5.41) is 2.97. The molecule has 2 aliphatic heterocycles. The second kappa shape index (κ2) is 9.32. The fourth-order valence-corrected chi connectivity index (χ4v) is 5.80. The van der Waals surface area contributed by atoms with Gasteiger partial charge in [0.05, 0.1) is 24.0 Å². The first-order chi connectivity index (χ1) is 17.8. The first-order valence-corrected chi connectivity index (χ1v) is 12.9. The molecule has 0 saturated heterocycles. The maximum atomic E-state index is 14.5. The molecule has 0 radical (unpaired) electrons. The molecule has 1 saturated carbocycles. The van der Waals surface area contributed by atoms with Crippen molar-refractivity contribution in [2.45, 2.75) is 76.6 Å². The van der Waals surface area contributed by atoms with Gasteiger partial charge in [0, 0.05) is 36.9 Å². The van der Waals surface area contributed by atoms with E-state index in [0.29, 0.717) is 18.4 Å². The van der Waals surface area contributed by atoms with Crippen molar-refractivity contribution in [3.63, 3.8) is 0 Å². The van der Waals surface area contributed by atoms with E-state index in [0.717, 1.165) is 11.6 Å². The lowest BCUT2D eigenvalue weighted by molar-refractivity contribution is -0.131. The summed E-state index contributed by atoms with van der Waals surface area (Å²) in [4.78, 5) is 36.7. The molecule has 1 aliphatic carbocycles. The molecule has 10 heteroatoms. The first kappa shape index (κ1) is 26.1. The van der Waals surface area contributed by atoms with Crippen LogP contribution in [-0.2, 0) is 9.59 Å². The number of carbonyl (C=O) groups is 2. The van der Waals surface area contributed by atoms with Crippen LogP contribution in [0.3, 0.4) is 0 Å². The van der Waals surface area contributed by atoms with Crippen LogP contribution in [0.25, 0.3) is 0 Å². The summed E-state index contributed by atoms with van der Waals surface area (Å²) in [5.74, 6) is -1.74. The Morgan fingerprint density at radius 3 is 2.74 bits per heavy atom. The number of rotatable bonds is 6. The Labute approximate surface area is 220 Å². The lowest BCUT2D eigenvalue weighted by Gasteiger charge is -2.38. The number of hydrogen-bond acceptors (Lipinski definition) is 6. The lowest BCUT2D eigenvalue weighted by atomic mass is 9.89. The van der Waals surface area contributed by atoms with Gasteiger partial charge < -0.3 is 15.8 Å². The Morgan fingerprint density at radius 1 is 1.29 bits per heavy atom. The Kier molecular flexibility index (Phi) is 6.39. The molecule has 1 aromatic heterocycles. The molecule has 8 nitrogen and oxygen atoms in total. The smallest absolute Gasteiger partial charge is 0.232 e. The zero-order chi connectivity index (χ0) is 27.4. The predicted octanol–water partition coefficient (Wildman–Crippen LogP) is 4.17. The lowest BCUT2D eigenvalue weighted by Crippen LogP contribution is -2.52. The number of nitrogens with zero attached hydrogens (tertiary/aromatic N) is 3. The summed E-state index contributed by atoms with van der Waals surface area (Å²) in [6.07, 6.45) is 4.89. The zero-order valence-corrected chi connectivity index (χ0v) is 22.0. The van der Waals surface area contributed by atoms with Gasteiger partial charge in [-0.1, -0.05) is 6.07 Å². The Morgan fingerprint density at radius 2 is 2.05 bits per heavy atom. The summed E-state index contributed by atoms with van der Waals surface area (Å²) >= 11 is 0. The quantitative estimate of drug-likeness (QED) is 0.588. The molecule has 202 valence electrons. The Bertz CT molecular complexity index is 1300. The van der Waals surface area contributed by atoms with Gasteiger partial charge in [-0.3, -0.25) is 19.5 Å². The summed E-state index contributed by atoms with van der Waals surface area (Å²) in [6, 6.07) is 4.72. The van der Waals surface area contributed by atoms with E-state index in [-0.39, 0.29) is 54.2 Å². The highest BCUT2D eigenvalue weighted by Crippen LogP contribution is 2.52. The van der Waals surface area contributed by atoms with Crippen molar-refractivity contribution in [1.82, 2.24) is 15.2 Å². The summed E-state index contributed by atoms with van der Waals surface area (Å²) < 4.78 is 34.2. The van der Waals surface area contributed by atoms with E-state index in [1.54, 1.807) is 37.2 Å². The van der Waals surface area contributed by atoms with Crippen molar-refractivity contribution in [3.8, 4) is 5.75 Å². The minimum absolute atomic E-state index is 0.00712. The summed E-state index contributed by atoms with van der Waals surface area (Å²) in [7, 11) is 0. The highest BCUT2D eigenvalue weighted by atomic mass is 19.1. The number of guanidine groups is 1. The number of fused-ring (bicyclic) bond motifs is 1. The molecular formula is C28H33F2N5O3. The van der Waals surface area contributed by atoms with Gasteiger partial charge >= 0.3 is 0 Å². The third kappa shape index (κ3) is 5.21. The molecule has 4 atom stereocenters. The second-order valence-corrected chi connectivity index (χ2v) is 11.8. The Balaban J connectivity index is 1.34. The van der Waals surface area contributed by atoms with E-state index in [4.69, 9.17) is 10.5 Å². The number of pyridine rings is 1. The molecule has 38 heavy (non-hydrogen) atoms. The van der Waals surface area contributed by atoms with Crippen LogP contribution in [0.2, 0.25) is 0 Å². The minimum Gasteiger partial charge on any atom is -0.484 e. The van der Waals surface area contributed by atoms with Crippen molar-refractivity contribution < 1.29 is 23.1 Å². The number of halogens is 2. The fourth-order valence-electron chi connectivity index (χ4n) is 5.80. The van der Waals surface area contributed by atoms with Crippen molar-refractivity contribution in [2.24, 2.45) is 22.6 Å². The van der Waals surface area contributed by atoms with Crippen LogP contribution in [0.5, 0.6) is 5.75 Å². The van der Waals surface area contributed by atoms with Crippen LogP contribution >= 0.6 is 0 Å². The van der Waals surface area contributed by atoms with Crippen molar-refractivity contribution >= 4 is 17.8 Å². The number of nitrogens with two attached hydrogens (primary N) is 1. The number of benzene rings is 1. The van der Waals surface area contributed by atoms with E-state index in [1.165, 1.54) is 6.07 Å². The largest absolute Gasteiger partial charge is 0.484 e. The maximum absolute atomic E-state index is 14.5. The standard InChI is InChI=1S/C28H33F2N5O3/c1-27(2)13-23(37)35(26(31)34-27)24(15-6-5-7-32-14-15)18-8-16(18)9-22(36)33-21-12-28(3,4)38-25-19(21)10-17(29)11-20(25)30/h5-7,10-11,14,16,18,21,24H,8-9,12-13H2,1-4H3,(H2,31,34)(H,33,36)/t16-,18+,21?,24+/m0/s1. The molecule has 1 fully saturated rings. The highest BCUT2D eigenvalue weighted by molar-refractivity contribution is 5.99. The topological polar surface area (TPSA) is 110 Å². The van der Waals surface area contributed by atoms with E-state index in [2.05, 4.69) is 15.3 Å². The van der Waals surface area contributed by atoms with Gasteiger partial charge in [0.25, 0.3) is 0 Å². The van der Waals surface area contributed by atoms with Gasteiger partial charge in [-0.05, 0) is 63.6 Å². The molecule has 3 N–H and O–H groups in total. The number of carbonyl (C=O) groups excluding carboxylic acids is 2. The first-order valence-electron chi connectivity index (χ1n) is 12.9. The predicted molar refractivity (Wildman–Crippen MR) is 137 cm³/mol. The normalized spacial score (nSPS) is 26.1. The van der Waals surface area contributed by atoms with E-state index in [1.807, 2.05) is 19.9 Å². The third-order valence-corrected chi connectivity index (χ3v) is 7.47. The number of aromatic nitrogens is 1. The van der Waals surface area contributed by atoms with E-state index in [9.17, 15) is 18.4 Å². The number of nitrogens with one attached hydrogen (secondary N) is 1. The van der Waals surface area contributed by atoms with Crippen molar-refractivity contribution in [2.75, 3.05) is 0 Å². The number of hydrogen-bond donors (Lipinski definition) is 2. The number of amides is 2. The molecule has 0 bridgehead atoms. The van der Waals surface area contributed by atoms with Gasteiger partial charge in [0.2, 0.25) is 11.8 Å². The molecule has 5 rings (SSSR count). The van der Waals surface area contributed by atoms with Crippen LogP contribution in [0.4, 0.5) is 8.78 Å². The van der Waals surface area contributed by atoms with Crippen LogP contribution in [0.1, 0.15) is 76.6 Å². The summed E-state index contributed by atoms with van der Waals surface area (Å²) in [6.45, 7) is 7.34. The van der Waals surface area contributed by atoms with Crippen LogP contribution in [0.15, 0.2) is 41.7 Å². The summed E-state index contributed by atoms with van der Waals surface area (Å²) in [5.41, 5.74) is 6.10. The maximum Gasteiger partial charge on any atom is 0.232 e. The van der Waals surface area contributed by atoms with E-state index < -0.39 is 28.8 Å². The third-order valence-electron chi connectivity index (χ3n) is 7.47. The number of ether oxygens (including phenoxy) is 1. The van der Waals surface area contributed by atoms with Gasteiger partial charge in [-0.2, -0.15) is 0 Å². The van der Waals surface area contributed by atoms with Crippen molar-refractivity contribution in [1.29, 1.82) is 0 Å². The van der Waals surface area contributed by atoms with Gasteiger partial charge in [0.1, 0.15) is 11.4 Å². The van der Waals surface area contributed by atoms with Crippen LogP contribution in [-0.4, -0.2) is 38.8 Å². The molecule has 3 aliphatic rings. The highest BCUT2D eigenvalue weighted by Gasteiger charge is 2.50. The van der Waals surface area contributed by atoms with Crippen LogP contribution in [0, 0.1) is 23.5 Å². The average molecular weight is 526 g/mol. The minimum atomic E-state index is -0.790. The van der Waals surface area contributed by atoms with Gasteiger partial charge in [-0.15, -0.1) is 0 Å². The molecule has 1 unspecified atom stereocenters. The molecular weight excluding hydrogens is 492 g/mol. The number of aliphatic imine (C=N–C) groups is 1. The molecule has 3 heterocycles. The molecule has 2 amide bonds. The monoisotopic (exact) mass is 525 g/mol. The average Bonchev–Trinajstić information content (AvgIpc) is 3.54. The SMILES string of the molecule is CC1(C)CC(=O)N([C@H](c2cccnc2)[C@@H]2C[C@H]2CC(=O)NC2CC(C)(C)Oc3c(F)cc(F)cc32)C(N)=N1. The van der Waals surface area contributed by atoms with Gasteiger partial charge in [0.15, 0.2) is 17.5 Å². The van der Waals surface area contributed by atoms with E-state index >= 15 is 0 Å². The zero-order valence-electron chi connectivity index (χ0n) is 22.0. The Hall–Kier alpha value is -3.56. The molecule has 2 aromatic rings. The molecule has 1 aromatic carbocycles. The van der Waals surface area contributed by atoms with Gasteiger partial charge in [-0.25, -0.2) is 13.8 Å². The fraction of sp³-hybridized carbons (Fsp3) is 0.500.